The molecule has 1 saturated heterocycles. The van der Waals surface area contributed by atoms with Crippen LogP contribution in [0.2, 0.25) is 0 Å². The van der Waals surface area contributed by atoms with Crippen LogP contribution in [-0.4, -0.2) is 37.4 Å². The lowest BCUT2D eigenvalue weighted by atomic mass is 10.0. The van der Waals surface area contributed by atoms with E-state index < -0.39 is 17.9 Å². The van der Waals surface area contributed by atoms with Gasteiger partial charge in [0, 0.05) is 32.2 Å². The summed E-state index contributed by atoms with van der Waals surface area (Å²) in [7, 11) is 0. The second-order valence-corrected chi connectivity index (χ2v) is 5.06. The number of piperazine rings is 1. The van der Waals surface area contributed by atoms with Crippen LogP contribution in [-0.2, 0) is 0 Å². The Balaban J connectivity index is 0.00000264. The number of nitrogens with one attached hydrogen (secondary N) is 1. The zero-order valence-corrected chi connectivity index (χ0v) is 14.4. The van der Waals surface area contributed by atoms with Gasteiger partial charge < -0.3 is 10.1 Å². The van der Waals surface area contributed by atoms with Crippen molar-refractivity contribution < 1.29 is 22.3 Å². The van der Waals surface area contributed by atoms with Gasteiger partial charge in [-0.3, -0.25) is 4.90 Å². The van der Waals surface area contributed by atoms with Crippen LogP contribution in [0.3, 0.4) is 0 Å². The van der Waals surface area contributed by atoms with E-state index in [9.17, 15) is 17.6 Å². The Bertz CT molecular complexity index is 523. The first kappa shape index (κ1) is 23.0. The summed E-state index contributed by atoms with van der Waals surface area (Å²) >= 11 is 0. The summed E-state index contributed by atoms with van der Waals surface area (Å²) in [6.45, 7) is 6.93. The van der Waals surface area contributed by atoms with Gasteiger partial charge in [-0.15, -0.1) is 44.6 Å². The lowest BCUT2D eigenvalue weighted by Crippen LogP contribution is -2.45. The molecule has 24 heavy (non-hydrogen) atoms. The first-order valence-corrected chi connectivity index (χ1v) is 7.01. The highest BCUT2D eigenvalue weighted by Crippen LogP contribution is 2.31. The van der Waals surface area contributed by atoms with Crippen molar-refractivity contribution in [2.24, 2.45) is 0 Å². The van der Waals surface area contributed by atoms with E-state index in [1.54, 1.807) is 6.08 Å². The molecular formula is C15H20Cl2F4N2O. The third-order valence-electron chi connectivity index (χ3n) is 3.55. The summed E-state index contributed by atoms with van der Waals surface area (Å²) in [6, 6.07) is 3.50. The Hall–Kier alpha value is -1.02. The highest BCUT2D eigenvalue weighted by atomic mass is 35.5. The molecule has 0 bridgehead atoms. The lowest BCUT2D eigenvalue weighted by Gasteiger charge is -2.34. The lowest BCUT2D eigenvalue weighted by molar-refractivity contribution is -0.275. The van der Waals surface area contributed by atoms with Crippen LogP contribution in [0.4, 0.5) is 17.6 Å². The zero-order valence-electron chi connectivity index (χ0n) is 12.8. The van der Waals surface area contributed by atoms with Crippen molar-refractivity contribution in [1.29, 1.82) is 0 Å². The van der Waals surface area contributed by atoms with Crippen LogP contribution >= 0.6 is 24.8 Å². The van der Waals surface area contributed by atoms with Gasteiger partial charge in [0.2, 0.25) is 0 Å². The van der Waals surface area contributed by atoms with Crippen molar-refractivity contribution in [3.8, 4) is 5.75 Å². The minimum absolute atomic E-state index is 0. The van der Waals surface area contributed by atoms with Crippen molar-refractivity contribution >= 4 is 24.8 Å². The molecule has 138 valence electrons. The fourth-order valence-corrected chi connectivity index (χ4v) is 2.58. The predicted octanol–water partition coefficient (Wildman–Crippen LogP) is 4.09. The van der Waals surface area contributed by atoms with Crippen molar-refractivity contribution in [1.82, 2.24) is 10.2 Å². The molecule has 0 aromatic heterocycles. The fourth-order valence-electron chi connectivity index (χ4n) is 2.58. The van der Waals surface area contributed by atoms with E-state index in [-0.39, 0.29) is 30.9 Å². The molecule has 0 amide bonds. The van der Waals surface area contributed by atoms with Crippen LogP contribution in [0, 0.1) is 5.82 Å². The molecule has 0 saturated carbocycles. The molecule has 1 aromatic carbocycles. The van der Waals surface area contributed by atoms with Gasteiger partial charge in [0.25, 0.3) is 0 Å². The van der Waals surface area contributed by atoms with Crippen molar-refractivity contribution in [2.45, 2.75) is 18.8 Å². The van der Waals surface area contributed by atoms with Gasteiger partial charge in [0.1, 0.15) is 0 Å². The first-order valence-electron chi connectivity index (χ1n) is 7.01. The van der Waals surface area contributed by atoms with Gasteiger partial charge in [-0.05, 0) is 24.1 Å². The van der Waals surface area contributed by atoms with Crippen molar-refractivity contribution in [3.05, 3.63) is 42.2 Å². The third-order valence-corrected chi connectivity index (χ3v) is 3.55. The number of rotatable bonds is 5. The number of benzene rings is 1. The molecule has 3 nitrogen and oxygen atoms in total. The van der Waals surface area contributed by atoms with Crippen LogP contribution in [0.5, 0.6) is 5.75 Å². The van der Waals surface area contributed by atoms with Gasteiger partial charge in [-0.2, -0.15) is 0 Å². The molecule has 1 atom stereocenters. The Morgan fingerprint density at radius 1 is 1.25 bits per heavy atom. The maximum Gasteiger partial charge on any atom is 0.573 e. The maximum absolute atomic E-state index is 13.9. The maximum atomic E-state index is 13.9. The van der Waals surface area contributed by atoms with Crippen LogP contribution in [0.25, 0.3) is 0 Å². The molecule has 9 heteroatoms. The van der Waals surface area contributed by atoms with Crippen molar-refractivity contribution in [3.63, 3.8) is 0 Å². The fraction of sp³-hybridized carbons (Fsp3) is 0.467. The Morgan fingerprint density at radius 3 is 2.38 bits per heavy atom. The third kappa shape index (κ3) is 6.47. The highest BCUT2D eigenvalue weighted by molar-refractivity contribution is 5.85. The smallest absolute Gasteiger partial charge is 0.403 e. The van der Waals surface area contributed by atoms with Crippen LogP contribution in [0.15, 0.2) is 30.9 Å². The molecule has 1 fully saturated rings. The molecule has 1 aliphatic heterocycles. The normalized spacial score (nSPS) is 16.5. The van der Waals surface area contributed by atoms with E-state index in [1.165, 1.54) is 6.07 Å². The second kappa shape index (κ2) is 10.1. The van der Waals surface area contributed by atoms with E-state index in [0.717, 1.165) is 38.3 Å². The average Bonchev–Trinajstić information content (AvgIpc) is 2.47. The summed E-state index contributed by atoms with van der Waals surface area (Å²) in [5, 5.41) is 3.22. The van der Waals surface area contributed by atoms with Gasteiger partial charge in [0.05, 0.1) is 0 Å². The first-order chi connectivity index (χ1) is 10.4. The minimum Gasteiger partial charge on any atom is -0.403 e. The second-order valence-electron chi connectivity index (χ2n) is 5.06. The predicted molar refractivity (Wildman–Crippen MR) is 89.6 cm³/mol. The van der Waals surface area contributed by atoms with E-state index in [4.69, 9.17) is 0 Å². The number of hydrogen-bond donors (Lipinski definition) is 1. The van der Waals surface area contributed by atoms with E-state index >= 15 is 0 Å². The van der Waals surface area contributed by atoms with Gasteiger partial charge in [-0.25, -0.2) is 4.39 Å². The number of nitrogens with zero attached hydrogens (tertiary/aromatic N) is 1. The molecule has 1 N–H and O–H groups in total. The average molecular weight is 391 g/mol. The Labute approximate surface area is 150 Å². The van der Waals surface area contributed by atoms with Gasteiger partial charge >= 0.3 is 6.36 Å². The summed E-state index contributed by atoms with van der Waals surface area (Å²) in [5.41, 5.74) is 0.619. The number of hydrogen-bond acceptors (Lipinski definition) is 3. The number of alkyl halides is 3. The monoisotopic (exact) mass is 390 g/mol. The van der Waals surface area contributed by atoms with Crippen LogP contribution in [0.1, 0.15) is 18.0 Å². The Kier molecular flexibility index (Phi) is 9.65. The largest absolute Gasteiger partial charge is 0.573 e. The van der Waals surface area contributed by atoms with E-state index in [0.29, 0.717) is 12.0 Å². The van der Waals surface area contributed by atoms with Crippen LogP contribution < -0.4 is 10.1 Å². The summed E-state index contributed by atoms with van der Waals surface area (Å²) < 4.78 is 54.0. The number of ether oxygens (including phenoxy) is 1. The molecule has 0 spiro atoms. The molecule has 2 rings (SSSR count). The summed E-state index contributed by atoms with van der Waals surface area (Å²) in [4.78, 5) is 2.16. The topological polar surface area (TPSA) is 24.5 Å². The summed E-state index contributed by atoms with van der Waals surface area (Å²) in [6.07, 6.45) is -2.58. The summed E-state index contributed by atoms with van der Waals surface area (Å²) in [5.74, 6) is -1.83. The standard InChI is InChI=1S/C15H18F4N2O.2ClH/c1-2-3-13(21-8-6-20-7-9-21)11-4-5-14(12(16)10-11)22-15(17,18)19;;/h2,4-5,10,13,20H,1,3,6-9H2;2*1H/t13-;;/m1../s1. The van der Waals surface area contributed by atoms with Gasteiger partial charge in [-0.1, -0.05) is 12.1 Å². The molecular weight excluding hydrogens is 371 g/mol. The highest BCUT2D eigenvalue weighted by Gasteiger charge is 2.32. The molecule has 1 heterocycles. The van der Waals surface area contributed by atoms with Crippen molar-refractivity contribution in [2.75, 3.05) is 26.2 Å². The Morgan fingerprint density at radius 2 is 1.88 bits per heavy atom. The van der Waals surface area contributed by atoms with Gasteiger partial charge in [0.15, 0.2) is 11.6 Å². The molecule has 0 unspecified atom stereocenters. The molecule has 1 aromatic rings. The van der Waals surface area contributed by atoms with E-state index in [2.05, 4.69) is 21.5 Å². The molecule has 0 aliphatic carbocycles. The molecule has 1 aliphatic rings. The quantitative estimate of drug-likeness (QED) is 0.605. The SMILES string of the molecule is C=CC[C@H](c1ccc(OC(F)(F)F)c(F)c1)N1CCNCC1.Cl.Cl. The number of halogens is 6. The minimum atomic E-state index is -4.90. The van der Waals surface area contributed by atoms with E-state index in [1.807, 2.05) is 0 Å². The molecule has 0 radical (unpaired) electrons. The zero-order chi connectivity index (χ0) is 16.2.